The molecule has 0 aliphatic heterocycles. The fraction of sp³-hybridized carbons (Fsp3) is 0.0833. The fourth-order valence-electron chi connectivity index (χ4n) is 1.54. The zero-order chi connectivity index (χ0) is 12.3. The van der Waals surface area contributed by atoms with E-state index in [1.807, 2.05) is 24.3 Å². The lowest BCUT2D eigenvalue weighted by atomic mass is 10.2. The van der Waals surface area contributed by atoms with Gasteiger partial charge in [-0.2, -0.15) is 5.10 Å². The third-order valence-electron chi connectivity index (χ3n) is 2.31. The van der Waals surface area contributed by atoms with E-state index in [1.165, 1.54) is 0 Å². The summed E-state index contributed by atoms with van der Waals surface area (Å²) >= 11 is 3.34. The smallest absolute Gasteiger partial charge is 0.153 e. The Hall–Kier alpha value is -1.75. The lowest BCUT2D eigenvalue weighted by Gasteiger charge is -2.06. The van der Waals surface area contributed by atoms with Crippen LogP contribution in [0.3, 0.4) is 0 Å². The van der Waals surface area contributed by atoms with Gasteiger partial charge < -0.3 is 0 Å². The van der Waals surface area contributed by atoms with E-state index in [9.17, 15) is 4.79 Å². The van der Waals surface area contributed by atoms with Crippen molar-refractivity contribution in [3.63, 3.8) is 0 Å². The van der Waals surface area contributed by atoms with Gasteiger partial charge in [0.25, 0.3) is 0 Å². The first-order valence-electron chi connectivity index (χ1n) is 4.97. The minimum atomic E-state index is 0.470. The standard InChI is InChI=1S/C12H10BrN3O/c1-14-7-9-5-6-16(15-9)12-4-2-3-11(13)10(12)8-17/h2-6,8H,1,7H2. The summed E-state index contributed by atoms with van der Waals surface area (Å²) in [5.41, 5.74) is 2.13. The maximum absolute atomic E-state index is 11.1. The van der Waals surface area contributed by atoms with Crippen LogP contribution in [0.4, 0.5) is 0 Å². The largest absolute Gasteiger partial charge is 0.298 e. The van der Waals surface area contributed by atoms with Crippen molar-refractivity contribution in [3.8, 4) is 5.69 Å². The van der Waals surface area contributed by atoms with E-state index in [0.29, 0.717) is 12.1 Å². The van der Waals surface area contributed by atoms with Crippen LogP contribution in [0, 0.1) is 0 Å². The van der Waals surface area contributed by atoms with Crippen LogP contribution in [-0.2, 0) is 6.54 Å². The van der Waals surface area contributed by atoms with Gasteiger partial charge in [0.1, 0.15) is 0 Å². The SMILES string of the molecule is C=NCc1ccn(-c2cccc(Br)c2C=O)n1. The zero-order valence-electron chi connectivity index (χ0n) is 9.01. The molecule has 0 N–H and O–H groups in total. The molecule has 0 aliphatic rings. The summed E-state index contributed by atoms with van der Waals surface area (Å²) in [6.45, 7) is 3.89. The molecule has 0 unspecified atom stereocenters. The van der Waals surface area contributed by atoms with E-state index >= 15 is 0 Å². The highest BCUT2D eigenvalue weighted by Crippen LogP contribution is 2.21. The Bertz CT molecular complexity index is 563. The third-order valence-corrected chi connectivity index (χ3v) is 3.00. The van der Waals surface area contributed by atoms with Gasteiger partial charge in [-0.3, -0.25) is 9.79 Å². The molecule has 0 radical (unpaired) electrons. The number of hydrogen-bond acceptors (Lipinski definition) is 3. The molecule has 1 heterocycles. The summed E-state index contributed by atoms with van der Waals surface area (Å²) < 4.78 is 2.42. The monoisotopic (exact) mass is 291 g/mol. The molecule has 0 amide bonds. The second kappa shape index (κ2) is 5.05. The van der Waals surface area contributed by atoms with Crippen molar-refractivity contribution in [2.24, 2.45) is 4.99 Å². The van der Waals surface area contributed by atoms with Gasteiger partial charge in [0.15, 0.2) is 6.29 Å². The minimum Gasteiger partial charge on any atom is -0.298 e. The van der Waals surface area contributed by atoms with Crippen molar-refractivity contribution >= 4 is 28.9 Å². The molecule has 86 valence electrons. The van der Waals surface area contributed by atoms with Crippen molar-refractivity contribution in [1.82, 2.24) is 9.78 Å². The van der Waals surface area contributed by atoms with Gasteiger partial charge in [-0.05, 0) is 40.8 Å². The Kier molecular flexibility index (Phi) is 3.49. The lowest BCUT2D eigenvalue weighted by molar-refractivity contribution is 0.112. The average Bonchev–Trinajstić information content (AvgIpc) is 2.78. The number of aldehydes is 1. The summed E-state index contributed by atoms with van der Waals surface area (Å²) in [5.74, 6) is 0. The number of carbonyl (C=O) groups excluding carboxylic acids is 1. The molecular weight excluding hydrogens is 282 g/mol. The number of hydrogen-bond donors (Lipinski definition) is 0. The number of carbonyl (C=O) groups is 1. The Morgan fingerprint density at radius 1 is 1.47 bits per heavy atom. The molecule has 2 rings (SSSR count). The second-order valence-electron chi connectivity index (χ2n) is 3.42. The van der Waals surface area contributed by atoms with Crippen LogP contribution < -0.4 is 0 Å². The molecule has 17 heavy (non-hydrogen) atoms. The topological polar surface area (TPSA) is 47.2 Å². The molecule has 5 heteroatoms. The summed E-state index contributed by atoms with van der Waals surface area (Å²) in [4.78, 5) is 14.8. The Balaban J connectivity index is 2.48. The number of halogens is 1. The molecule has 0 aliphatic carbocycles. The Labute approximate surface area is 107 Å². The number of nitrogens with zero attached hydrogens (tertiary/aromatic N) is 3. The lowest BCUT2D eigenvalue weighted by Crippen LogP contribution is -2.01. The fourth-order valence-corrected chi connectivity index (χ4v) is 1.99. The van der Waals surface area contributed by atoms with E-state index < -0.39 is 0 Å². The average molecular weight is 292 g/mol. The van der Waals surface area contributed by atoms with Gasteiger partial charge >= 0.3 is 0 Å². The van der Waals surface area contributed by atoms with Crippen LogP contribution in [0.5, 0.6) is 0 Å². The molecule has 1 aromatic heterocycles. The maximum atomic E-state index is 11.1. The normalized spacial score (nSPS) is 10.2. The predicted octanol–water partition coefficient (Wildman–Crippen LogP) is 2.65. The van der Waals surface area contributed by atoms with Gasteiger partial charge in [0, 0.05) is 10.7 Å². The van der Waals surface area contributed by atoms with Crippen LogP contribution in [0.25, 0.3) is 5.69 Å². The van der Waals surface area contributed by atoms with Gasteiger partial charge in [-0.15, -0.1) is 0 Å². The first-order chi connectivity index (χ1) is 8.26. The summed E-state index contributed by atoms with van der Waals surface area (Å²) in [6, 6.07) is 7.37. The molecule has 0 atom stereocenters. The van der Waals surface area contributed by atoms with E-state index in [-0.39, 0.29) is 0 Å². The van der Waals surface area contributed by atoms with Crippen molar-refractivity contribution in [1.29, 1.82) is 0 Å². The van der Waals surface area contributed by atoms with Gasteiger partial charge in [0.2, 0.25) is 0 Å². The first-order valence-corrected chi connectivity index (χ1v) is 5.76. The molecular formula is C12H10BrN3O. The van der Waals surface area contributed by atoms with Crippen LogP contribution >= 0.6 is 15.9 Å². The zero-order valence-corrected chi connectivity index (χ0v) is 10.6. The van der Waals surface area contributed by atoms with E-state index in [4.69, 9.17) is 0 Å². The highest BCUT2D eigenvalue weighted by molar-refractivity contribution is 9.10. The van der Waals surface area contributed by atoms with E-state index in [2.05, 4.69) is 32.7 Å². The molecule has 4 nitrogen and oxygen atoms in total. The van der Waals surface area contributed by atoms with Gasteiger partial charge in [-0.25, -0.2) is 4.68 Å². The van der Waals surface area contributed by atoms with Crippen LogP contribution in [0.1, 0.15) is 16.1 Å². The van der Waals surface area contributed by atoms with Crippen LogP contribution in [0.15, 0.2) is 39.9 Å². The first kappa shape index (κ1) is 11.7. The van der Waals surface area contributed by atoms with Gasteiger partial charge in [0.05, 0.1) is 23.5 Å². The van der Waals surface area contributed by atoms with E-state index in [1.54, 1.807) is 10.9 Å². The number of rotatable bonds is 4. The Morgan fingerprint density at radius 3 is 3.00 bits per heavy atom. The minimum absolute atomic E-state index is 0.470. The van der Waals surface area contributed by atoms with Gasteiger partial charge in [-0.1, -0.05) is 6.07 Å². The van der Waals surface area contributed by atoms with Crippen molar-refractivity contribution in [2.75, 3.05) is 0 Å². The molecule has 0 fully saturated rings. The highest BCUT2D eigenvalue weighted by Gasteiger charge is 2.08. The molecule has 0 bridgehead atoms. The summed E-state index contributed by atoms with van der Waals surface area (Å²) in [5, 5.41) is 4.32. The predicted molar refractivity (Wildman–Crippen MR) is 69.9 cm³/mol. The maximum Gasteiger partial charge on any atom is 0.153 e. The van der Waals surface area contributed by atoms with Crippen molar-refractivity contribution in [3.05, 3.63) is 46.2 Å². The molecule has 0 saturated heterocycles. The number of aromatic nitrogens is 2. The number of benzene rings is 1. The van der Waals surface area contributed by atoms with Crippen LogP contribution in [-0.4, -0.2) is 22.8 Å². The third kappa shape index (κ3) is 2.34. The van der Waals surface area contributed by atoms with E-state index in [0.717, 1.165) is 22.1 Å². The molecule has 2 aromatic rings. The summed E-state index contributed by atoms with van der Waals surface area (Å²) in [6.07, 6.45) is 2.61. The highest BCUT2D eigenvalue weighted by atomic mass is 79.9. The summed E-state index contributed by atoms with van der Waals surface area (Å²) in [7, 11) is 0. The van der Waals surface area contributed by atoms with Crippen LogP contribution in [0.2, 0.25) is 0 Å². The number of aliphatic imine (C=N–C) groups is 1. The second-order valence-corrected chi connectivity index (χ2v) is 4.28. The molecule has 0 saturated carbocycles. The quantitative estimate of drug-likeness (QED) is 0.642. The molecule has 0 spiro atoms. The van der Waals surface area contributed by atoms with Crippen molar-refractivity contribution in [2.45, 2.75) is 6.54 Å². The Morgan fingerprint density at radius 2 is 2.29 bits per heavy atom. The van der Waals surface area contributed by atoms with Crippen molar-refractivity contribution < 1.29 is 4.79 Å². The molecule has 1 aromatic carbocycles.